The van der Waals surface area contributed by atoms with Gasteiger partial charge in [-0.1, -0.05) is 35.9 Å². The van der Waals surface area contributed by atoms with Gasteiger partial charge in [0.25, 0.3) is 0 Å². The average molecular weight is 336 g/mol. The highest BCUT2D eigenvalue weighted by atomic mass is 35.5. The van der Waals surface area contributed by atoms with Crippen molar-refractivity contribution in [2.75, 3.05) is 27.2 Å². The Balaban J connectivity index is 1.77. The van der Waals surface area contributed by atoms with Gasteiger partial charge < -0.3 is 14.2 Å². The van der Waals surface area contributed by atoms with Crippen LogP contribution >= 0.6 is 11.6 Å². The fraction of sp³-hybridized carbons (Fsp3) is 0.500. The van der Waals surface area contributed by atoms with E-state index in [1.165, 1.54) is 11.1 Å². The molecular weight excluding hydrogens is 310 g/mol. The first-order chi connectivity index (χ1) is 11.0. The minimum Gasteiger partial charge on any atom is -0.362 e. The highest BCUT2D eigenvalue weighted by molar-refractivity contribution is 6.19. The van der Waals surface area contributed by atoms with Gasteiger partial charge in [-0.05, 0) is 38.2 Å². The summed E-state index contributed by atoms with van der Waals surface area (Å²) in [5.74, 6) is 1.07. The number of ether oxygens (including phenoxy) is 1. The molecule has 126 valence electrons. The summed E-state index contributed by atoms with van der Waals surface area (Å²) >= 11 is 6.26. The van der Waals surface area contributed by atoms with Crippen molar-refractivity contribution in [3.05, 3.63) is 53.6 Å². The summed E-state index contributed by atoms with van der Waals surface area (Å²) in [6.07, 6.45) is 6.37. The molecule has 0 bridgehead atoms. The van der Waals surface area contributed by atoms with Gasteiger partial charge in [0, 0.05) is 38.9 Å². The van der Waals surface area contributed by atoms with Gasteiger partial charge in [0.05, 0.1) is 0 Å². The van der Waals surface area contributed by atoms with Gasteiger partial charge in [-0.25, -0.2) is 4.98 Å². The maximum atomic E-state index is 6.26. The number of aromatic nitrogens is 2. The smallest absolute Gasteiger partial charge is 0.135 e. The molecule has 1 aromatic heterocycles. The molecule has 1 atom stereocenters. The molecule has 5 heteroatoms. The lowest BCUT2D eigenvalue weighted by Gasteiger charge is -2.13. The Hall–Kier alpha value is -1.36. The van der Waals surface area contributed by atoms with E-state index in [4.69, 9.17) is 16.3 Å². The van der Waals surface area contributed by atoms with Gasteiger partial charge >= 0.3 is 0 Å². The number of hydrogen-bond acceptors (Lipinski definition) is 3. The van der Waals surface area contributed by atoms with E-state index in [1.54, 1.807) is 0 Å². The Morgan fingerprint density at radius 2 is 1.91 bits per heavy atom. The van der Waals surface area contributed by atoms with Crippen molar-refractivity contribution in [2.24, 2.45) is 7.05 Å². The second-order valence-corrected chi connectivity index (χ2v) is 6.58. The normalized spacial score (nSPS) is 12.7. The summed E-state index contributed by atoms with van der Waals surface area (Å²) in [5.41, 5.74) is 2.18. The van der Waals surface area contributed by atoms with Gasteiger partial charge in [0.15, 0.2) is 0 Å². The van der Waals surface area contributed by atoms with E-state index in [0.717, 1.165) is 31.6 Å². The van der Waals surface area contributed by atoms with Gasteiger partial charge in [-0.3, -0.25) is 0 Å². The second kappa shape index (κ2) is 9.06. The van der Waals surface area contributed by atoms with Crippen LogP contribution in [-0.4, -0.2) is 47.3 Å². The van der Waals surface area contributed by atoms with E-state index in [9.17, 15) is 0 Å². The van der Waals surface area contributed by atoms with E-state index in [1.807, 2.05) is 24.0 Å². The van der Waals surface area contributed by atoms with Crippen molar-refractivity contribution in [3.63, 3.8) is 0 Å². The van der Waals surface area contributed by atoms with E-state index in [0.29, 0.717) is 6.61 Å². The third-order valence-corrected chi connectivity index (χ3v) is 4.03. The molecular formula is C18H26ClN3O. The minimum atomic E-state index is -0.266. The summed E-state index contributed by atoms with van der Waals surface area (Å²) in [6.45, 7) is 1.72. The maximum absolute atomic E-state index is 6.26. The standard InChI is InChI=1S/C18H26ClN3O/c1-21(2)10-4-12-23-17(19)13-15-5-7-16(8-6-15)14-18-20-9-11-22(18)3/h5-9,11,17H,4,10,12-14H2,1-3H3. The molecule has 0 saturated heterocycles. The van der Waals surface area contributed by atoms with Crippen LogP contribution in [-0.2, 0) is 24.6 Å². The SMILES string of the molecule is CN(C)CCCOC(Cl)Cc1ccc(Cc2nccn2C)cc1. The van der Waals surface area contributed by atoms with Crippen LogP contribution in [0.3, 0.4) is 0 Å². The molecule has 1 aromatic carbocycles. The van der Waals surface area contributed by atoms with Crippen LogP contribution in [0, 0.1) is 0 Å². The van der Waals surface area contributed by atoms with Crippen LogP contribution in [0.1, 0.15) is 23.4 Å². The Morgan fingerprint density at radius 1 is 1.22 bits per heavy atom. The van der Waals surface area contributed by atoms with E-state index < -0.39 is 0 Å². The summed E-state index contributed by atoms with van der Waals surface area (Å²) in [4.78, 5) is 6.50. The first-order valence-electron chi connectivity index (χ1n) is 7.99. The number of aryl methyl sites for hydroxylation is 1. The number of imidazole rings is 1. The highest BCUT2D eigenvalue weighted by Gasteiger charge is 2.07. The average Bonchev–Trinajstić information content (AvgIpc) is 2.91. The van der Waals surface area contributed by atoms with Crippen molar-refractivity contribution < 1.29 is 4.74 Å². The third-order valence-electron chi connectivity index (χ3n) is 3.75. The van der Waals surface area contributed by atoms with Crippen LogP contribution in [0.2, 0.25) is 0 Å². The molecule has 1 unspecified atom stereocenters. The summed E-state index contributed by atoms with van der Waals surface area (Å²) in [6, 6.07) is 8.52. The highest BCUT2D eigenvalue weighted by Crippen LogP contribution is 2.13. The first-order valence-corrected chi connectivity index (χ1v) is 8.42. The van der Waals surface area contributed by atoms with Crippen molar-refractivity contribution in [3.8, 4) is 0 Å². The molecule has 0 aliphatic heterocycles. The molecule has 0 aliphatic rings. The fourth-order valence-corrected chi connectivity index (χ4v) is 2.65. The Labute approximate surface area is 144 Å². The van der Waals surface area contributed by atoms with E-state index >= 15 is 0 Å². The molecule has 2 aromatic rings. The molecule has 0 radical (unpaired) electrons. The predicted molar refractivity (Wildman–Crippen MR) is 94.9 cm³/mol. The van der Waals surface area contributed by atoms with Crippen molar-refractivity contribution in [1.82, 2.24) is 14.5 Å². The first kappa shape index (κ1) is 18.0. The maximum Gasteiger partial charge on any atom is 0.135 e. The zero-order chi connectivity index (χ0) is 16.7. The van der Waals surface area contributed by atoms with Crippen LogP contribution < -0.4 is 0 Å². The van der Waals surface area contributed by atoms with Crippen molar-refractivity contribution in [2.45, 2.75) is 24.8 Å². The molecule has 0 amide bonds. The zero-order valence-electron chi connectivity index (χ0n) is 14.2. The lowest BCUT2D eigenvalue weighted by Crippen LogP contribution is -2.17. The number of alkyl halides is 1. The minimum absolute atomic E-state index is 0.266. The third kappa shape index (κ3) is 6.34. The molecule has 0 N–H and O–H groups in total. The number of hydrogen-bond donors (Lipinski definition) is 0. The van der Waals surface area contributed by atoms with Crippen molar-refractivity contribution >= 4 is 11.6 Å². The lowest BCUT2D eigenvalue weighted by atomic mass is 10.1. The fourth-order valence-electron chi connectivity index (χ4n) is 2.38. The lowest BCUT2D eigenvalue weighted by molar-refractivity contribution is 0.101. The number of nitrogens with zero attached hydrogens (tertiary/aromatic N) is 3. The molecule has 0 spiro atoms. The molecule has 0 aliphatic carbocycles. The summed E-state index contributed by atoms with van der Waals surface area (Å²) in [7, 11) is 6.14. The Kier molecular flexibility index (Phi) is 7.09. The van der Waals surface area contributed by atoms with E-state index in [2.05, 4.69) is 48.2 Å². The predicted octanol–water partition coefficient (Wildman–Crippen LogP) is 3.09. The monoisotopic (exact) mass is 335 g/mol. The number of rotatable bonds is 9. The molecule has 2 rings (SSSR count). The van der Waals surface area contributed by atoms with Gasteiger partial charge in [-0.2, -0.15) is 0 Å². The summed E-state index contributed by atoms with van der Waals surface area (Å²) in [5, 5.41) is 0. The zero-order valence-corrected chi connectivity index (χ0v) is 15.0. The molecule has 0 fully saturated rings. The molecule has 4 nitrogen and oxygen atoms in total. The van der Waals surface area contributed by atoms with Gasteiger partial charge in [0.2, 0.25) is 0 Å². The molecule has 0 saturated carbocycles. The van der Waals surface area contributed by atoms with Crippen molar-refractivity contribution in [1.29, 1.82) is 0 Å². The second-order valence-electron chi connectivity index (χ2n) is 6.09. The topological polar surface area (TPSA) is 30.3 Å². The van der Waals surface area contributed by atoms with E-state index in [-0.39, 0.29) is 5.56 Å². The van der Waals surface area contributed by atoms with Crippen LogP contribution in [0.5, 0.6) is 0 Å². The van der Waals surface area contributed by atoms with Crippen LogP contribution in [0.4, 0.5) is 0 Å². The largest absolute Gasteiger partial charge is 0.362 e. The molecule has 1 heterocycles. The summed E-state index contributed by atoms with van der Waals surface area (Å²) < 4.78 is 7.70. The quantitative estimate of drug-likeness (QED) is 0.521. The Morgan fingerprint density at radius 3 is 2.52 bits per heavy atom. The Bertz CT molecular complexity index is 580. The number of halogens is 1. The number of benzene rings is 1. The van der Waals surface area contributed by atoms with Crippen LogP contribution in [0.15, 0.2) is 36.7 Å². The molecule has 23 heavy (non-hydrogen) atoms. The van der Waals surface area contributed by atoms with Crippen LogP contribution in [0.25, 0.3) is 0 Å². The van der Waals surface area contributed by atoms with Gasteiger partial charge in [0.1, 0.15) is 11.4 Å². The van der Waals surface area contributed by atoms with Gasteiger partial charge in [-0.15, -0.1) is 0 Å².